The van der Waals surface area contributed by atoms with E-state index < -0.39 is 11.2 Å². The summed E-state index contributed by atoms with van der Waals surface area (Å²) in [5.74, 6) is -0.638. The normalized spacial score (nSPS) is 17.2. The number of benzene rings is 2. The molecule has 2 aromatic carbocycles. The number of phenols is 1. The van der Waals surface area contributed by atoms with Gasteiger partial charge in [-0.05, 0) is 59.0 Å². The largest absolute Gasteiger partial charge is 0.508 e. The van der Waals surface area contributed by atoms with Gasteiger partial charge in [-0.15, -0.1) is 0 Å². The Morgan fingerprint density at radius 3 is 2.67 bits per heavy atom. The molecule has 1 N–H and O–H groups in total. The second-order valence-corrected chi connectivity index (χ2v) is 6.82. The molecular formula is C20H14FNO2. The summed E-state index contributed by atoms with van der Waals surface area (Å²) in [6.45, 7) is 4.00. The summed E-state index contributed by atoms with van der Waals surface area (Å²) in [6.07, 6.45) is 0.507. The third-order valence-corrected chi connectivity index (χ3v) is 5.15. The molecule has 3 nitrogen and oxygen atoms in total. The summed E-state index contributed by atoms with van der Waals surface area (Å²) in [5.41, 5.74) is 3.68. The number of aromatic hydroxyl groups is 1. The van der Waals surface area contributed by atoms with E-state index in [1.165, 1.54) is 18.2 Å². The number of carbonyl (C=O) groups is 1. The molecule has 2 aromatic rings. The summed E-state index contributed by atoms with van der Waals surface area (Å²) >= 11 is 0. The van der Waals surface area contributed by atoms with Crippen molar-refractivity contribution in [3.05, 3.63) is 69.5 Å². The predicted octanol–water partition coefficient (Wildman–Crippen LogP) is 3.89. The molecule has 118 valence electrons. The third kappa shape index (κ3) is 1.73. The average Bonchev–Trinajstić information content (AvgIpc) is 2.91. The van der Waals surface area contributed by atoms with Crippen molar-refractivity contribution in [1.29, 1.82) is 5.26 Å². The van der Waals surface area contributed by atoms with Gasteiger partial charge in [0.2, 0.25) is 0 Å². The Morgan fingerprint density at radius 1 is 1.21 bits per heavy atom. The lowest BCUT2D eigenvalue weighted by molar-refractivity contribution is 0.105. The van der Waals surface area contributed by atoms with Gasteiger partial charge in [-0.3, -0.25) is 4.79 Å². The maximum Gasteiger partial charge on any atom is 0.193 e. The number of nitriles is 1. The molecule has 0 spiro atoms. The van der Waals surface area contributed by atoms with E-state index in [9.17, 15) is 14.3 Å². The second kappa shape index (κ2) is 4.55. The van der Waals surface area contributed by atoms with Crippen molar-refractivity contribution in [2.45, 2.75) is 25.7 Å². The summed E-state index contributed by atoms with van der Waals surface area (Å²) in [5, 5.41) is 18.8. The Balaban J connectivity index is 1.99. The van der Waals surface area contributed by atoms with Crippen LogP contribution in [-0.4, -0.2) is 10.9 Å². The van der Waals surface area contributed by atoms with Gasteiger partial charge in [-0.1, -0.05) is 13.8 Å². The van der Waals surface area contributed by atoms with Crippen molar-refractivity contribution in [3.8, 4) is 11.8 Å². The van der Waals surface area contributed by atoms with Crippen molar-refractivity contribution in [2.24, 2.45) is 0 Å². The van der Waals surface area contributed by atoms with Crippen LogP contribution in [0.1, 0.15) is 46.5 Å². The lowest BCUT2D eigenvalue weighted by Gasteiger charge is -2.34. The zero-order chi connectivity index (χ0) is 17.2. The molecule has 4 heteroatoms. The number of nitrogens with zero attached hydrogens (tertiary/aromatic N) is 1. The van der Waals surface area contributed by atoms with Crippen molar-refractivity contribution in [1.82, 2.24) is 0 Å². The van der Waals surface area contributed by atoms with Gasteiger partial charge in [0.05, 0.1) is 5.56 Å². The van der Waals surface area contributed by atoms with Gasteiger partial charge in [0, 0.05) is 16.6 Å². The number of allylic oxidation sites excluding steroid dienone is 2. The molecule has 2 aliphatic carbocycles. The van der Waals surface area contributed by atoms with Crippen LogP contribution in [0.25, 0.3) is 5.57 Å². The molecule has 0 atom stereocenters. The molecule has 0 fully saturated rings. The zero-order valence-electron chi connectivity index (χ0n) is 13.3. The van der Waals surface area contributed by atoms with Gasteiger partial charge in [-0.2, -0.15) is 5.26 Å². The van der Waals surface area contributed by atoms with Gasteiger partial charge in [-0.25, -0.2) is 4.39 Å². The van der Waals surface area contributed by atoms with E-state index >= 15 is 0 Å². The Morgan fingerprint density at radius 2 is 1.96 bits per heavy atom. The van der Waals surface area contributed by atoms with Crippen LogP contribution < -0.4 is 0 Å². The number of Topliss-reactive ketones (excluding diaryl/α,β-unsaturated/α-hetero) is 1. The standard InChI is InChI=1S/C20H14FNO2/c1-20(2)15-7-12(23)3-4-13(15)19(24)18-14-8-17(21)11(9-22)5-10(14)6-16(18)20/h3-5,7-8,23H,6H2,1-2H3. The first-order valence-corrected chi connectivity index (χ1v) is 7.69. The lowest BCUT2D eigenvalue weighted by Crippen LogP contribution is -2.29. The lowest BCUT2D eigenvalue weighted by atomic mass is 9.68. The monoisotopic (exact) mass is 319 g/mol. The fraction of sp³-hybridized carbons (Fsp3) is 0.200. The number of phenolic OH excluding ortho intramolecular Hbond substituents is 1. The highest BCUT2D eigenvalue weighted by Crippen LogP contribution is 2.50. The van der Waals surface area contributed by atoms with E-state index in [0.29, 0.717) is 23.1 Å². The maximum absolute atomic E-state index is 14.1. The van der Waals surface area contributed by atoms with Gasteiger partial charge in [0.1, 0.15) is 17.6 Å². The highest BCUT2D eigenvalue weighted by Gasteiger charge is 2.43. The van der Waals surface area contributed by atoms with Crippen molar-refractivity contribution in [3.63, 3.8) is 0 Å². The van der Waals surface area contributed by atoms with Gasteiger partial charge < -0.3 is 5.11 Å². The van der Waals surface area contributed by atoms with E-state index in [1.807, 2.05) is 19.9 Å². The summed E-state index contributed by atoms with van der Waals surface area (Å²) in [4.78, 5) is 13.0. The van der Waals surface area contributed by atoms with Crippen LogP contribution in [0.4, 0.5) is 4.39 Å². The quantitative estimate of drug-likeness (QED) is 0.801. The molecule has 0 saturated heterocycles. The first kappa shape index (κ1) is 14.6. The molecule has 0 radical (unpaired) electrons. The van der Waals surface area contributed by atoms with Gasteiger partial charge in [0.15, 0.2) is 5.78 Å². The first-order valence-electron chi connectivity index (χ1n) is 7.69. The minimum absolute atomic E-state index is 0.00555. The van der Waals surface area contributed by atoms with Crippen LogP contribution in [0, 0.1) is 17.1 Å². The number of carbonyl (C=O) groups excluding carboxylic acids is 1. The van der Waals surface area contributed by atoms with Crippen LogP contribution in [0.5, 0.6) is 5.75 Å². The van der Waals surface area contributed by atoms with E-state index in [1.54, 1.807) is 12.1 Å². The topological polar surface area (TPSA) is 61.1 Å². The zero-order valence-corrected chi connectivity index (χ0v) is 13.3. The number of halogens is 1. The van der Waals surface area contributed by atoms with Crippen molar-refractivity contribution >= 4 is 11.4 Å². The maximum atomic E-state index is 14.1. The summed E-state index contributed by atoms with van der Waals surface area (Å²) in [6, 6.07) is 9.43. The fourth-order valence-electron chi connectivity index (χ4n) is 3.86. The Labute approximate surface area is 138 Å². The Hall–Kier alpha value is -2.93. The number of hydrogen-bond donors (Lipinski definition) is 1. The number of hydrogen-bond acceptors (Lipinski definition) is 3. The molecule has 4 rings (SSSR count). The van der Waals surface area contributed by atoms with Crippen LogP contribution in [0.2, 0.25) is 0 Å². The molecule has 24 heavy (non-hydrogen) atoms. The molecule has 0 aromatic heterocycles. The number of fused-ring (bicyclic) bond motifs is 3. The highest BCUT2D eigenvalue weighted by molar-refractivity contribution is 6.33. The first-order chi connectivity index (χ1) is 11.3. The molecular weight excluding hydrogens is 305 g/mol. The molecule has 0 bridgehead atoms. The predicted molar refractivity (Wildman–Crippen MR) is 87.2 cm³/mol. The fourth-order valence-corrected chi connectivity index (χ4v) is 3.86. The van der Waals surface area contributed by atoms with Crippen molar-refractivity contribution in [2.75, 3.05) is 0 Å². The second-order valence-electron chi connectivity index (χ2n) is 6.82. The van der Waals surface area contributed by atoms with E-state index in [-0.39, 0.29) is 17.1 Å². The van der Waals surface area contributed by atoms with Crippen LogP contribution in [0.15, 0.2) is 35.9 Å². The molecule has 0 unspecified atom stereocenters. The Bertz CT molecular complexity index is 1010. The number of rotatable bonds is 0. The van der Waals surface area contributed by atoms with Crippen LogP contribution in [0.3, 0.4) is 0 Å². The molecule has 0 saturated carbocycles. The molecule has 2 aliphatic rings. The minimum Gasteiger partial charge on any atom is -0.508 e. The van der Waals surface area contributed by atoms with E-state index in [4.69, 9.17) is 5.26 Å². The number of ketones is 1. The van der Waals surface area contributed by atoms with Crippen LogP contribution in [-0.2, 0) is 11.8 Å². The van der Waals surface area contributed by atoms with E-state index in [2.05, 4.69) is 0 Å². The van der Waals surface area contributed by atoms with E-state index in [0.717, 1.165) is 16.7 Å². The SMILES string of the molecule is CC1(C)C2=C(C(=O)c3ccc(O)cc31)c1cc(F)c(C#N)cc1C2. The Kier molecular flexibility index (Phi) is 2.77. The average molecular weight is 319 g/mol. The van der Waals surface area contributed by atoms with Crippen molar-refractivity contribution < 1.29 is 14.3 Å². The molecule has 0 amide bonds. The van der Waals surface area contributed by atoms with Crippen LogP contribution >= 0.6 is 0 Å². The third-order valence-electron chi connectivity index (χ3n) is 5.15. The summed E-state index contributed by atoms with van der Waals surface area (Å²) in [7, 11) is 0. The molecule has 0 heterocycles. The van der Waals surface area contributed by atoms with Gasteiger partial charge >= 0.3 is 0 Å². The molecule has 0 aliphatic heterocycles. The summed E-state index contributed by atoms with van der Waals surface area (Å²) < 4.78 is 14.1. The smallest absolute Gasteiger partial charge is 0.193 e. The highest BCUT2D eigenvalue weighted by atomic mass is 19.1. The van der Waals surface area contributed by atoms with Gasteiger partial charge in [0.25, 0.3) is 0 Å². The minimum atomic E-state index is -0.605.